The zero-order valence-corrected chi connectivity index (χ0v) is 16.1. The number of methoxy groups -OCH3 is 1. The number of ether oxygens (including phenoxy) is 2. The molecular formula is C22H26FNO4. The SMILES string of the molecule is COc1ccc(F)cc1CN1CCC(COc2cccc(CCC(=O)O)c2)C1. The quantitative estimate of drug-likeness (QED) is 0.710. The van der Waals surface area contributed by atoms with E-state index in [0.717, 1.165) is 36.4 Å². The Morgan fingerprint density at radius 2 is 2.14 bits per heavy atom. The second-order valence-electron chi connectivity index (χ2n) is 7.20. The van der Waals surface area contributed by atoms with Crippen molar-refractivity contribution < 1.29 is 23.8 Å². The lowest BCUT2D eigenvalue weighted by molar-refractivity contribution is -0.136. The Labute approximate surface area is 164 Å². The molecule has 28 heavy (non-hydrogen) atoms. The lowest BCUT2D eigenvalue weighted by Gasteiger charge is -2.18. The molecule has 2 aromatic carbocycles. The Hall–Kier alpha value is -2.60. The zero-order chi connectivity index (χ0) is 19.9. The number of hydrogen-bond donors (Lipinski definition) is 1. The van der Waals surface area contributed by atoms with Gasteiger partial charge in [0.15, 0.2) is 0 Å². The number of halogens is 1. The average molecular weight is 387 g/mol. The Kier molecular flexibility index (Phi) is 6.87. The van der Waals surface area contributed by atoms with Crippen LogP contribution in [0.4, 0.5) is 4.39 Å². The van der Waals surface area contributed by atoms with Crippen molar-refractivity contribution >= 4 is 5.97 Å². The lowest BCUT2D eigenvalue weighted by Crippen LogP contribution is -2.22. The fourth-order valence-corrected chi connectivity index (χ4v) is 3.56. The molecule has 150 valence electrons. The summed E-state index contributed by atoms with van der Waals surface area (Å²) in [6.07, 6.45) is 1.64. The Morgan fingerprint density at radius 1 is 1.29 bits per heavy atom. The summed E-state index contributed by atoms with van der Waals surface area (Å²) in [7, 11) is 1.60. The summed E-state index contributed by atoms with van der Waals surface area (Å²) in [6.45, 7) is 3.09. The van der Waals surface area contributed by atoms with Gasteiger partial charge in [-0.25, -0.2) is 4.39 Å². The van der Waals surface area contributed by atoms with E-state index in [1.165, 1.54) is 12.1 Å². The second-order valence-corrected chi connectivity index (χ2v) is 7.20. The van der Waals surface area contributed by atoms with Crippen LogP contribution in [0, 0.1) is 11.7 Å². The van der Waals surface area contributed by atoms with Crippen molar-refractivity contribution in [3.05, 3.63) is 59.4 Å². The second kappa shape index (κ2) is 9.55. The van der Waals surface area contributed by atoms with Crippen molar-refractivity contribution in [1.29, 1.82) is 0 Å². The van der Waals surface area contributed by atoms with Crippen LogP contribution in [0.2, 0.25) is 0 Å². The van der Waals surface area contributed by atoms with Crippen LogP contribution in [0.25, 0.3) is 0 Å². The van der Waals surface area contributed by atoms with Crippen molar-refractivity contribution in [2.75, 3.05) is 26.8 Å². The Morgan fingerprint density at radius 3 is 2.93 bits per heavy atom. The van der Waals surface area contributed by atoms with Gasteiger partial charge in [0, 0.05) is 31.0 Å². The molecule has 0 aliphatic carbocycles. The van der Waals surface area contributed by atoms with Crippen LogP contribution in [-0.2, 0) is 17.8 Å². The standard InChI is InChI=1S/C22H26FNO4/c1-27-21-7-6-19(23)12-18(21)14-24-10-9-17(13-24)15-28-20-4-2-3-16(11-20)5-8-22(25)26/h2-4,6-7,11-12,17H,5,8-10,13-15H2,1H3,(H,25,26). The van der Waals surface area contributed by atoms with Crippen LogP contribution < -0.4 is 9.47 Å². The molecular weight excluding hydrogens is 361 g/mol. The summed E-state index contributed by atoms with van der Waals surface area (Å²) >= 11 is 0. The third kappa shape index (κ3) is 5.70. The van der Waals surface area contributed by atoms with Gasteiger partial charge in [0.25, 0.3) is 0 Å². The van der Waals surface area contributed by atoms with Gasteiger partial charge in [0.05, 0.1) is 13.7 Å². The zero-order valence-electron chi connectivity index (χ0n) is 16.1. The van der Waals surface area contributed by atoms with Gasteiger partial charge in [0.1, 0.15) is 17.3 Å². The molecule has 0 amide bonds. The summed E-state index contributed by atoms with van der Waals surface area (Å²) in [4.78, 5) is 13.0. The minimum Gasteiger partial charge on any atom is -0.496 e. The highest BCUT2D eigenvalue weighted by atomic mass is 19.1. The molecule has 0 bridgehead atoms. The van der Waals surface area contributed by atoms with Gasteiger partial charge in [-0.05, 0) is 55.3 Å². The van der Waals surface area contributed by atoms with Crippen LogP contribution in [-0.4, -0.2) is 42.8 Å². The number of benzene rings is 2. The predicted molar refractivity (Wildman–Crippen MR) is 104 cm³/mol. The molecule has 6 heteroatoms. The molecule has 1 N–H and O–H groups in total. The Balaban J connectivity index is 1.49. The molecule has 1 unspecified atom stereocenters. The van der Waals surface area contributed by atoms with Crippen LogP contribution in [0.5, 0.6) is 11.5 Å². The highest BCUT2D eigenvalue weighted by Crippen LogP contribution is 2.25. The van der Waals surface area contributed by atoms with E-state index in [9.17, 15) is 9.18 Å². The van der Waals surface area contributed by atoms with E-state index in [-0.39, 0.29) is 12.2 Å². The van der Waals surface area contributed by atoms with E-state index in [1.54, 1.807) is 13.2 Å². The van der Waals surface area contributed by atoms with Gasteiger partial charge in [-0.15, -0.1) is 0 Å². The van der Waals surface area contributed by atoms with Gasteiger partial charge in [-0.2, -0.15) is 0 Å². The molecule has 1 saturated heterocycles. The first-order chi connectivity index (χ1) is 13.5. The smallest absolute Gasteiger partial charge is 0.303 e. The Bertz CT molecular complexity index is 811. The van der Waals surface area contributed by atoms with Crippen LogP contribution in [0.3, 0.4) is 0 Å². The first-order valence-electron chi connectivity index (χ1n) is 9.52. The number of rotatable bonds is 9. The van der Waals surface area contributed by atoms with Gasteiger partial charge in [-0.3, -0.25) is 9.69 Å². The number of likely N-dealkylation sites (tertiary alicyclic amines) is 1. The van der Waals surface area contributed by atoms with Crippen LogP contribution in [0.15, 0.2) is 42.5 Å². The summed E-state index contributed by atoms with van der Waals surface area (Å²) in [5, 5.41) is 8.81. The fraction of sp³-hybridized carbons (Fsp3) is 0.409. The van der Waals surface area contributed by atoms with Gasteiger partial charge in [-0.1, -0.05) is 12.1 Å². The van der Waals surface area contributed by atoms with Crippen LogP contribution in [0.1, 0.15) is 24.0 Å². The average Bonchev–Trinajstić information content (AvgIpc) is 3.13. The maximum atomic E-state index is 13.5. The van der Waals surface area contributed by atoms with Crippen molar-refractivity contribution in [3.8, 4) is 11.5 Å². The number of carboxylic acids is 1. The molecule has 2 aromatic rings. The van der Waals surface area contributed by atoms with E-state index in [2.05, 4.69) is 4.90 Å². The highest BCUT2D eigenvalue weighted by Gasteiger charge is 2.24. The van der Waals surface area contributed by atoms with Crippen molar-refractivity contribution in [1.82, 2.24) is 4.90 Å². The first-order valence-corrected chi connectivity index (χ1v) is 9.52. The van der Waals surface area contributed by atoms with Crippen molar-refractivity contribution in [3.63, 3.8) is 0 Å². The molecule has 0 saturated carbocycles. The van der Waals surface area contributed by atoms with Crippen molar-refractivity contribution in [2.24, 2.45) is 5.92 Å². The molecule has 3 rings (SSSR count). The lowest BCUT2D eigenvalue weighted by atomic mass is 10.1. The van der Waals surface area contributed by atoms with Gasteiger partial charge in [0.2, 0.25) is 0 Å². The summed E-state index contributed by atoms with van der Waals surface area (Å²) < 4.78 is 24.8. The minimum atomic E-state index is -0.799. The van der Waals surface area contributed by atoms with E-state index < -0.39 is 5.97 Å². The number of carbonyl (C=O) groups is 1. The molecule has 1 aliphatic rings. The fourth-order valence-electron chi connectivity index (χ4n) is 3.56. The topological polar surface area (TPSA) is 59.0 Å². The van der Waals surface area contributed by atoms with Crippen LogP contribution >= 0.6 is 0 Å². The molecule has 1 heterocycles. The monoisotopic (exact) mass is 387 g/mol. The highest BCUT2D eigenvalue weighted by molar-refractivity contribution is 5.67. The largest absolute Gasteiger partial charge is 0.496 e. The summed E-state index contributed by atoms with van der Waals surface area (Å²) in [6, 6.07) is 12.2. The number of aryl methyl sites for hydroxylation is 1. The normalized spacial score (nSPS) is 16.9. The molecule has 0 radical (unpaired) electrons. The number of nitrogens with zero attached hydrogens (tertiary/aromatic N) is 1. The third-order valence-corrected chi connectivity index (χ3v) is 5.02. The number of hydrogen-bond acceptors (Lipinski definition) is 4. The summed E-state index contributed by atoms with van der Waals surface area (Å²) in [5.74, 6) is 0.833. The molecule has 5 nitrogen and oxygen atoms in total. The maximum absolute atomic E-state index is 13.5. The van der Waals surface area contributed by atoms with E-state index in [0.29, 0.717) is 31.2 Å². The van der Waals surface area contributed by atoms with Gasteiger partial charge >= 0.3 is 5.97 Å². The van der Waals surface area contributed by atoms with E-state index in [4.69, 9.17) is 14.6 Å². The first kappa shape index (κ1) is 20.1. The molecule has 0 aromatic heterocycles. The summed E-state index contributed by atoms with van der Waals surface area (Å²) in [5.41, 5.74) is 1.82. The minimum absolute atomic E-state index is 0.116. The van der Waals surface area contributed by atoms with E-state index >= 15 is 0 Å². The molecule has 1 aliphatic heterocycles. The van der Waals surface area contributed by atoms with Gasteiger partial charge < -0.3 is 14.6 Å². The third-order valence-electron chi connectivity index (χ3n) is 5.02. The predicted octanol–water partition coefficient (Wildman–Crippen LogP) is 3.75. The molecule has 1 atom stereocenters. The van der Waals surface area contributed by atoms with Crippen molar-refractivity contribution in [2.45, 2.75) is 25.8 Å². The number of carboxylic acid groups (broad SMARTS) is 1. The van der Waals surface area contributed by atoms with E-state index in [1.807, 2.05) is 24.3 Å². The molecule has 0 spiro atoms. The molecule has 1 fully saturated rings. The number of aliphatic carboxylic acids is 1. The maximum Gasteiger partial charge on any atom is 0.303 e.